The Balaban J connectivity index is 0.00000280. The van der Waals surface area contributed by atoms with Gasteiger partial charge in [-0.05, 0) is 44.4 Å². The van der Waals surface area contributed by atoms with Crippen LogP contribution in [0.5, 0.6) is 5.75 Å². The van der Waals surface area contributed by atoms with Gasteiger partial charge < -0.3 is 9.64 Å². The monoisotopic (exact) mass is 459 g/mol. The quantitative estimate of drug-likeness (QED) is 0.504. The van der Waals surface area contributed by atoms with Crippen molar-refractivity contribution in [3.63, 3.8) is 0 Å². The third-order valence-corrected chi connectivity index (χ3v) is 5.59. The zero-order chi connectivity index (χ0) is 19.6. The molecule has 150 valence electrons. The number of likely N-dealkylation sites (N-methyl/N-ethyl adjacent to an activating group) is 1. The second kappa shape index (κ2) is 9.76. The number of para-hydroxylation sites is 1. The molecule has 3 aromatic rings. The van der Waals surface area contributed by atoms with E-state index in [1.807, 2.05) is 37.2 Å². The summed E-state index contributed by atoms with van der Waals surface area (Å²) in [6.45, 7) is 1.16. The summed E-state index contributed by atoms with van der Waals surface area (Å²) < 4.78 is 6.35. The SMILES string of the molecule is COc1cccc2sc(N(CCN(C)C)C(=O)c3ccc(Cl)cc3Cl)nc12.Cl. The van der Waals surface area contributed by atoms with Crippen LogP contribution in [0.1, 0.15) is 10.4 Å². The normalized spacial score (nSPS) is 10.8. The van der Waals surface area contributed by atoms with Gasteiger partial charge in [0, 0.05) is 18.1 Å². The fraction of sp³-hybridized carbons (Fsp3) is 0.263. The summed E-state index contributed by atoms with van der Waals surface area (Å²) >= 11 is 13.7. The summed E-state index contributed by atoms with van der Waals surface area (Å²) in [7, 11) is 5.52. The number of rotatable bonds is 6. The van der Waals surface area contributed by atoms with Gasteiger partial charge in [0.05, 0.1) is 22.4 Å². The van der Waals surface area contributed by atoms with Gasteiger partial charge in [-0.1, -0.05) is 40.6 Å². The zero-order valence-corrected chi connectivity index (χ0v) is 18.8. The van der Waals surface area contributed by atoms with Gasteiger partial charge in [0.15, 0.2) is 5.13 Å². The maximum Gasteiger partial charge on any atom is 0.261 e. The standard InChI is InChI=1S/C19H19Cl2N3O2S.ClH/c1-23(2)9-10-24(18(25)13-8-7-12(20)11-14(13)21)19-22-17-15(26-3)5-4-6-16(17)27-19;/h4-8,11H,9-10H2,1-3H3;1H. The van der Waals surface area contributed by atoms with Crippen molar-refractivity contribution in [3.8, 4) is 5.75 Å². The van der Waals surface area contributed by atoms with Crippen molar-refractivity contribution in [2.24, 2.45) is 0 Å². The number of nitrogens with zero attached hydrogens (tertiary/aromatic N) is 3. The Bertz CT molecular complexity index is 978. The first-order chi connectivity index (χ1) is 12.9. The van der Waals surface area contributed by atoms with E-state index in [2.05, 4.69) is 4.98 Å². The maximum absolute atomic E-state index is 13.2. The van der Waals surface area contributed by atoms with E-state index in [9.17, 15) is 4.79 Å². The molecule has 0 N–H and O–H groups in total. The fourth-order valence-electron chi connectivity index (χ4n) is 2.58. The number of ether oxygens (including phenoxy) is 1. The minimum absolute atomic E-state index is 0. The number of hydrogen-bond acceptors (Lipinski definition) is 5. The first kappa shape index (κ1) is 22.7. The average Bonchev–Trinajstić information content (AvgIpc) is 3.05. The van der Waals surface area contributed by atoms with Gasteiger partial charge in [-0.3, -0.25) is 9.69 Å². The Kier molecular flexibility index (Phi) is 7.92. The zero-order valence-electron chi connectivity index (χ0n) is 15.6. The molecule has 0 spiro atoms. The Morgan fingerprint density at radius 1 is 1.18 bits per heavy atom. The topological polar surface area (TPSA) is 45.7 Å². The first-order valence-electron chi connectivity index (χ1n) is 8.26. The molecule has 3 rings (SSSR count). The van der Waals surface area contributed by atoms with Crippen molar-refractivity contribution < 1.29 is 9.53 Å². The Morgan fingerprint density at radius 2 is 1.93 bits per heavy atom. The van der Waals surface area contributed by atoms with E-state index in [1.54, 1.807) is 30.2 Å². The lowest BCUT2D eigenvalue weighted by Crippen LogP contribution is -2.36. The van der Waals surface area contributed by atoms with E-state index in [-0.39, 0.29) is 18.3 Å². The smallest absolute Gasteiger partial charge is 0.261 e. The molecule has 0 bridgehead atoms. The molecule has 0 fully saturated rings. The number of hydrogen-bond donors (Lipinski definition) is 0. The van der Waals surface area contributed by atoms with Crippen molar-refractivity contribution in [2.75, 3.05) is 39.2 Å². The molecule has 0 aliphatic carbocycles. The van der Waals surface area contributed by atoms with Crippen molar-refractivity contribution in [1.82, 2.24) is 9.88 Å². The van der Waals surface area contributed by atoms with Crippen LogP contribution in [0.2, 0.25) is 10.0 Å². The summed E-state index contributed by atoms with van der Waals surface area (Å²) in [4.78, 5) is 21.6. The predicted molar refractivity (Wildman–Crippen MR) is 120 cm³/mol. The molecule has 0 radical (unpaired) electrons. The molecule has 5 nitrogen and oxygen atoms in total. The second-order valence-electron chi connectivity index (χ2n) is 6.19. The third kappa shape index (κ3) is 4.88. The molecule has 0 saturated carbocycles. The van der Waals surface area contributed by atoms with E-state index in [0.717, 1.165) is 10.2 Å². The van der Waals surface area contributed by atoms with Crippen LogP contribution in [-0.2, 0) is 0 Å². The molecule has 2 aromatic carbocycles. The van der Waals surface area contributed by atoms with Crippen LogP contribution in [0.25, 0.3) is 10.2 Å². The Labute approximate surface area is 184 Å². The number of halogens is 3. The molecule has 9 heteroatoms. The molecule has 0 saturated heterocycles. The van der Waals surface area contributed by atoms with Crippen LogP contribution in [0.15, 0.2) is 36.4 Å². The first-order valence-corrected chi connectivity index (χ1v) is 9.83. The largest absolute Gasteiger partial charge is 0.494 e. The summed E-state index contributed by atoms with van der Waals surface area (Å²) in [5.74, 6) is 0.469. The van der Waals surface area contributed by atoms with Gasteiger partial charge in [0.25, 0.3) is 5.91 Å². The van der Waals surface area contributed by atoms with E-state index in [1.165, 1.54) is 11.3 Å². The highest BCUT2D eigenvalue weighted by Gasteiger charge is 2.24. The average molecular weight is 461 g/mol. The van der Waals surface area contributed by atoms with E-state index >= 15 is 0 Å². The molecule has 0 aliphatic heterocycles. The molecule has 28 heavy (non-hydrogen) atoms. The second-order valence-corrected chi connectivity index (χ2v) is 8.04. The van der Waals surface area contributed by atoms with Crippen LogP contribution >= 0.6 is 46.9 Å². The van der Waals surface area contributed by atoms with Gasteiger partial charge in [0.2, 0.25) is 0 Å². The number of thiazole rings is 1. The number of anilines is 1. The highest BCUT2D eigenvalue weighted by atomic mass is 35.5. The molecule has 1 heterocycles. The lowest BCUT2D eigenvalue weighted by Gasteiger charge is -2.22. The predicted octanol–water partition coefficient (Wildman–Crippen LogP) is 5.24. The summed E-state index contributed by atoms with van der Waals surface area (Å²) in [6, 6.07) is 10.6. The number of benzene rings is 2. The van der Waals surface area contributed by atoms with Gasteiger partial charge in [-0.2, -0.15) is 0 Å². The van der Waals surface area contributed by atoms with Crippen LogP contribution < -0.4 is 9.64 Å². The Morgan fingerprint density at radius 3 is 2.57 bits per heavy atom. The van der Waals surface area contributed by atoms with Crippen molar-refractivity contribution in [2.45, 2.75) is 0 Å². The lowest BCUT2D eigenvalue weighted by atomic mass is 10.2. The van der Waals surface area contributed by atoms with E-state index in [4.69, 9.17) is 27.9 Å². The summed E-state index contributed by atoms with van der Waals surface area (Å²) in [6.07, 6.45) is 0. The number of aromatic nitrogens is 1. The summed E-state index contributed by atoms with van der Waals surface area (Å²) in [5.41, 5.74) is 1.14. The lowest BCUT2D eigenvalue weighted by molar-refractivity contribution is 0.0985. The highest BCUT2D eigenvalue weighted by molar-refractivity contribution is 7.22. The van der Waals surface area contributed by atoms with Crippen LogP contribution in [-0.4, -0.2) is 50.1 Å². The van der Waals surface area contributed by atoms with Crippen molar-refractivity contribution in [3.05, 3.63) is 52.0 Å². The van der Waals surface area contributed by atoms with Gasteiger partial charge in [0.1, 0.15) is 11.3 Å². The summed E-state index contributed by atoms with van der Waals surface area (Å²) in [5, 5.41) is 1.41. The minimum Gasteiger partial charge on any atom is -0.494 e. The molecule has 0 aliphatic rings. The maximum atomic E-state index is 13.2. The number of carbonyl (C=O) groups excluding carboxylic acids is 1. The van der Waals surface area contributed by atoms with Gasteiger partial charge in [-0.15, -0.1) is 12.4 Å². The van der Waals surface area contributed by atoms with Gasteiger partial charge >= 0.3 is 0 Å². The van der Waals surface area contributed by atoms with Gasteiger partial charge in [-0.25, -0.2) is 4.98 Å². The number of fused-ring (bicyclic) bond motifs is 1. The number of methoxy groups -OCH3 is 1. The molecule has 0 atom stereocenters. The molecule has 0 unspecified atom stereocenters. The minimum atomic E-state index is -0.212. The van der Waals surface area contributed by atoms with Crippen LogP contribution in [0, 0.1) is 0 Å². The highest BCUT2D eigenvalue weighted by Crippen LogP contribution is 2.35. The molecular formula is C19H20Cl3N3O2S. The van der Waals surface area contributed by atoms with Crippen LogP contribution in [0.4, 0.5) is 5.13 Å². The van der Waals surface area contributed by atoms with Crippen molar-refractivity contribution in [1.29, 1.82) is 0 Å². The van der Waals surface area contributed by atoms with Crippen LogP contribution in [0.3, 0.4) is 0 Å². The van der Waals surface area contributed by atoms with Crippen molar-refractivity contribution >= 4 is 68.2 Å². The fourth-order valence-corrected chi connectivity index (χ4v) is 4.08. The molecule has 1 amide bonds. The molecular weight excluding hydrogens is 441 g/mol. The molecule has 1 aromatic heterocycles. The third-order valence-electron chi connectivity index (χ3n) is 4.00. The van der Waals surface area contributed by atoms with E-state index < -0.39 is 0 Å². The van der Waals surface area contributed by atoms with E-state index in [0.29, 0.717) is 39.6 Å². The Hall–Kier alpha value is -1.57. The number of amides is 1. The number of carbonyl (C=O) groups is 1.